The molecule has 0 aliphatic rings. The van der Waals surface area contributed by atoms with Gasteiger partial charge in [-0.3, -0.25) is 4.98 Å². The first-order valence-corrected chi connectivity index (χ1v) is 11.9. The molecule has 0 fully saturated rings. The fourth-order valence-electron chi connectivity index (χ4n) is 3.59. The van der Waals surface area contributed by atoms with Crippen molar-refractivity contribution in [2.75, 3.05) is 0 Å². The van der Waals surface area contributed by atoms with E-state index in [0.717, 1.165) is 48.9 Å². The number of halogens is 1. The van der Waals surface area contributed by atoms with E-state index in [1.54, 1.807) is 29.8 Å². The molecule has 179 valence electrons. The predicted octanol–water partition coefficient (Wildman–Crippen LogP) is 7.82. The van der Waals surface area contributed by atoms with Crippen molar-refractivity contribution < 1.29 is 24.5 Å². The van der Waals surface area contributed by atoms with Gasteiger partial charge in [-0.05, 0) is 42.4 Å². The third-order valence-electron chi connectivity index (χ3n) is 5.28. The minimum atomic E-state index is -0.232. The van der Waals surface area contributed by atoms with Crippen LogP contribution in [-0.2, 0) is 20.1 Å². The molecule has 3 aromatic carbocycles. The number of aromatic nitrogens is 3. The van der Waals surface area contributed by atoms with E-state index in [2.05, 4.69) is 27.1 Å². The zero-order chi connectivity index (χ0) is 24.0. The molecule has 36 heavy (non-hydrogen) atoms. The third-order valence-corrected chi connectivity index (χ3v) is 6.46. The van der Waals surface area contributed by atoms with Crippen LogP contribution in [0, 0.1) is 24.9 Å². The Bertz CT molecular complexity index is 1550. The van der Waals surface area contributed by atoms with Crippen LogP contribution in [0.4, 0.5) is 4.39 Å². The molecule has 3 nitrogen and oxygen atoms in total. The molecule has 0 spiro atoms. The Labute approximate surface area is 227 Å². The van der Waals surface area contributed by atoms with Gasteiger partial charge in [0, 0.05) is 41.1 Å². The average molecular weight is 666 g/mol. The van der Waals surface area contributed by atoms with E-state index >= 15 is 0 Å². The van der Waals surface area contributed by atoms with Gasteiger partial charge in [0.05, 0.1) is 5.52 Å². The molecule has 0 atom stereocenters. The smallest absolute Gasteiger partial charge is 0.123 e. The molecular weight excluding hydrogens is 646 g/mol. The number of benzene rings is 3. The molecule has 3 aromatic heterocycles. The summed E-state index contributed by atoms with van der Waals surface area (Å²) >= 11 is 1.61. The van der Waals surface area contributed by atoms with Crippen molar-refractivity contribution in [3.8, 4) is 33.0 Å². The second kappa shape index (κ2) is 11.9. The first kappa shape index (κ1) is 25.5. The molecule has 6 aromatic rings. The zero-order valence-electron chi connectivity index (χ0n) is 19.3. The van der Waals surface area contributed by atoms with Crippen LogP contribution in [0.5, 0.6) is 0 Å². The van der Waals surface area contributed by atoms with Gasteiger partial charge in [-0.15, -0.1) is 83.1 Å². The van der Waals surface area contributed by atoms with Crippen LogP contribution in [0.25, 0.3) is 43.2 Å². The number of pyridine rings is 1. The number of thiophene rings is 1. The van der Waals surface area contributed by atoms with Gasteiger partial charge in [0.2, 0.25) is 0 Å². The standard InChI is InChI=1S/C18H10FN2S.C12H10N.Ir/c19-14-8-6-12(7-9-14)16-10-15-18(22-16)17(21-11-20-15)13-4-2-1-3-5-13;1-10-6-5-9-12(13-10)11-7-3-2-4-8-11;/h1-4,6-11H;2-7,9H,1H3;/q2*-1;. The van der Waals surface area contributed by atoms with Crippen molar-refractivity contribution in [2.24, 2.45) is 0 Å². The van der Waals surface area contributed by atoms with E-state index in [4.69, 9.17) is 0 Å². The third kappa shape index (κ3) is 5.97. The first-order chi connectivity index (χ1) is 17.2. The van der Waals surface area contributed by atoms with Gasteiger partial charge >= 0.3 is 0 Å². The number of aryl methyl sites for hydroxylation is 1. The largest absolute Gasteiger partial charge is 0.302 e. The second-order valence-electron chi connectivity index (χ2n) is 7.77. The number of hydrogen-bond acceptors (Lipinski definition) is 4. The summed E-state index contributed by atoms with van der Waals surface area (Å²) in [6, 6.07) is 36.5. The minimum Gasteiger partial charge on any atom is -0.302 e. The summed E-state index contributed by atoms with van der Waals surface area (Å²) in [4.78, 5) is 14.2. The maximum absolute atomic E-state index is 13.1. The van der Waals surface area contributed by atoms with Gasteiger partial charge < -0.3 is 4.98 Å². The molecule has 0 saturated heterocycles. The molecule has 0 N–H and O–H groups in total. The van der Waals surface area contributed by atoms with Crippen molar-refractivity contribution in [2.45, 2.75) is 6.92 Å². The minimum absolute atomic E-state index is 0. The molecule has 6 rings (SSSR count). The monoisotopic (exact) mass is 666 g/mol. The number of rotatable bonds is 3. The maximum atomic E-state index is 13.1. The summed E-state index contributed by atoms with van der Waals surface area (Å²) in [6.45, 7) is 1.99. The van der Waals surface area contributed by atoms with Gasteiger partial charge in [-0.25, -0.2) is 9.37 Å². The molecular formula is C30H20FIrN3S-2. The SMILES string of the molecule is Cc1cccc(-c2[c-]cccc2)n1.Fc1ccc(-c2cc3ncnc(-c4[c-]cccc4)c3s2)cc1.[Ir]. The first-order valence-electron chi connectivity index (χ1n) is 11.1. The molecule has 6 heteroatoms. The normalized spacial score (nSPS) is 10.3. The topological polar surface area (TPSA) is 38.7 Å². The van der Waals surface area contributed by atoms with E-state index in [-0.39, 0.29) is 25.9 Å². The summed E-state index contributed by atoms with van der Waals surface area (Å²) in [5.41, 5.74) is 6.77. The zero-order valence-corrected chi connectivity index (χ0v) is 22.5. The molecule has 1 radical (unpaired) electrons. The Morgan fingerprint density at radius 1 is 0.778 bits per heavy atom. The van der Waals surface area contributed by atoms with Crippen LogP contribution in [0.1, 0.15) is 5.69 Å². The molecule has 3 heterocycles. The van der Waals surface area contributed by atoms with E-state index in [0.29, 0.717) is 0 Å². The predicted molar refractivity (Wildman–Crippen MR) is 140 cm³/mol. The fourth-order valence-corrected chi connectivity index (χ4v) is 4.71. The number of fused-ring (bicyclic) bond motifs is 1. The van der Waals surface area contributed by atoms with Crippen molar-refractivity contribution >= 4 is 21.6 Å². The summed E-state index contributed by atoms with van der Waals surface area (Å²) in [7, 11) is 0. The van der Waals surface area contributed by atoms with Crippen molar-refractivity contribution in [3.05, 3.63) is 127 Å². The van der Waals surface area contributed by atoms with Crippen molar-refractivity contribution in [1.82, 2.24) is 15.0 Å². The van der Waals surface area contributed by atoms with E-state index in [1.807, 2.05) is 79.7 Å². The molecule has 0 aliphatic carbocycles. The molecule has 0 unspecified atom stereocenters. The molecule has 0 amide bonds. The maximum Gasteiger partial charge on any atom is 0.123 e. The van der Waals surface area contributed by atoms with E-state index < -0.39 is 0 Å². The fraction of sp³-hybridized carbons (Fsp3) is 0.0333. The quantitative estimate of drug-likeness (QED) is 0.181. The van der Waals surface area contributed by atoms with Gasteiger partial charge in [0.1, 0.15) is 12.1 Å². The second-order valence-corrected chi connectivity index (χ2v) is 8.82. The number of hydrogen-bond donors (Lipinski definition) is 0. The van der Waals surface area contributed by atoms with Crippen LogP contribution < -0.4 is 0 Å². The van der Waals surface area contributed by atoms with Crippen LogP contribution in [0.3, 0.4) is 0 Å². The van der Waals surface area contributed by atoms with Crippen LogP contribution >= 0.6 is 11.3 Å². The summed E-state index contributed by atoms with van der Waals surface area (Å²) in [5, 5.41) is 0. The van der Waals surface area contributed by atoms with Crippen LogP contribution in [0.2, 0.25) is 0 Å². The molecule has 0 aliphatic heterocycles. The Hall–Kier alpha value is -3.57. The van der Waals surface area contributed by atoms with Crippen molar-refractivity contribution in [3.63, 3.8) is 0 Å². The molecule has 0 bridgehead atoms. The van der Waals surface area contributed by atoms with Gasteiger partial charge in [-0.2, -0.15) is 0 Å². The summed E-state index contributed by atoms with van der Waals surface area (Å²) in [5.74, 6) is -0.232. The molecule has 0 saturated carbocycles. The van der Waals surface area contributed by atoms with E-state index in [9.17, 15) is 4.39 Å². The Kier molecular flexibility index (Phi) is 8.44. The Balaban J connectivity index is 0.000000187. The number of nitrogens with zero attached hydrogens (tertiary/aromatic N) is 3. The summed E-state index contributed by atoms with van der Waals surface area (Å²) < 4.78 is 14.1. The summed E-state index contributed by atoms with van der Waals surface area (Å²) in [6.07, 6.45) is 1.57. The Morgan fingerprint density at radius 2 is 1.50 bits per heavy atom. The Morgan fingerprint density at radius 3 is 2.17 bits per heavy atom. The van der Waals surface area contributed by atoms with Gasteiger partial charge in [0.15, 0.2) is 0 Å². The van der Waals surface area contributed by atoms with Crippen LogP contribution in [0.15, 0.2) is 103 Å². The average Bonchev–Trinajstić information content (AvgIpc) is 3.35. The van der Waals surface area contributed by atoms with E-state index in [1.165, 1.54) is 12.1 Å². The van der Waals surface area contributed by atoms with Gasteiger partial charge in [0.25, 0.3) is 0 Å². The van der Waals surface area contributed by atoms with Gasteiger partial charge in [-0.1, -0.05) is 24.3 Å². The van der Waals surface area contributed by atoms with Crippen molar-refractivity contribution in [1.29, 1.82) is 0 Å². The van der Waals surface area contributed by atoms with Crippen LogP contribution in [-0.4, -0.2) is 15.0 Å².